The fraction of sp³-hybridized carbons (Fsp3) is 0.471. The number of aromatic nitrogens is 3. The van der Waals surface area contributed by atoms with Gasteiger partial charge in [-0.2, -0.15) is 5.10 Å². The summed E-state index contributed by atoms with van der Waals surface area (Å²) >= 11 is 0. The first kappa shape index (κ1) is 18.4. The van der Waals surface area contributed by atoms with Gasteiger partial charge in [0.1, 0.15) is 5.82 Å². The summed E-state index contributed by atoms with van der Waals surface area (Å²) in [6.45, 7) is 4.43. The molecule has 1 aliphatic heterocycles. The van der Waals surface area contributed by atoms with E-state index in [2.05, 4.69) is 20.5 Å². The second-order valence-electron chi connectivity index (χ2n) is 6.67. The monoisotopic (exact) mass is 377 g/mol. The predicted octanol–water partition coefficient (Wildman–Crippen LogP) is 2.04. The van der Waals surface area contributed by atoms with Crippen molar-refractivity contribution < 1.29 is 13.2 Å². The Morgan fingerprint density at radius 3 is 2.85 bits per heavy atom. The van der Waals surface area contributed by atoms with E-state index < -0.39 is 10.0 Å². The Bertz CT molecular complexity index is 891. The van der Waals surface area contributed by atoms with Crippen molar-refractivity contribution in [2.75, 3.05) is 21.9 Å². The van der Waals surface area contributed by atoms with Gasteiger partial charge in [0.2, 0.25) is 15.9 Å². The lowest BCUT2D eigenvalue weighted by atomic mass is 10.2. The minimum atomic E-state index is -3.28. The first-order chi connectivity index (χ1) is 12.3. The number of H-pyrrole nitrogens is 1. The number of sulfonamides is 1. The summed E-state index contributed by atoms with van der Waals surface area (Å²) in [5.41, 5.74) is 1.13. The Labute approximate surface area is 153 Å². The van der Waals surface area contributed by atoms with Gasteiger partial charge in [0.25, 0.3) is 0 Å². The van der Waals surface area contributed by atoms with Gasteiger partial charge in [0, 0.05) is 18.2 Å². The van der Waals surface area contributed by atoms with E-state index in [-0.39, 0.29) is 24.0 Å². The number of hydrogen-bond donors (Lipinski definition) is 2. The highest BCUT2D eigenvalue weighted by molar-refractivity contribution is 7.92. The van der Waals surface area contributed by atoms with E-state index in [1.165, 1.54) is 4.31 Å². The highest BCUT2D eigenvalue weighted by Gasteiger charge is 2.26. The van der Waals surface area contributed by atoms with Crippen LogP contribution in [0.2, 0.25) is 0 Å². The number of nitrogens with zero attached hydrogens (tertiary/aromatic N) is 3. The Morgan fingerprint density at radius 2 is 2.15 bits per heavy atom. The number of amides is 1. The van der Waals surface area contributed by atoms with Crippen LogP contribution in [0, 0.1) is 0 Å². The zero-order valence-corrected chi connectivity index (χ0v) is 15.7. The number of aromatic amines is 1. The van der Waals surface area contributed by atoms with Gasteiger partial charge in [0.15, 0.2) is 5.82 Å². The van der Waals surface area contributed by atoms with Crippen LogP contribution in [0.25, 0.3) is 0 Å². The molecular weight excluding hydrogens is 354 g/mol. The van der Waals surface area contributed by atoms with Crippen molar-refractivity contribution >= 4 is 27.3 Å². The molecule has 1 aromatic heterocycles. The summed E-state index contributed by atoms with van der Waals surface area (Å²) in [6.07, 6.45) is 1.59. The summed E-state index contributed by atoms with van der Waals surface area (Å²) in [5, 5.41) is 9.63. The molecule has 1 aromatic carbocycles. The second-order valence-corrected chi connectivity index (χ2v) is 8.68. The van der Waals surface area contributed by atoms with Crippen LogP contribution in [0.1, 0.15) is 44.3 Å². The average molecular weight is 377 g/mol. The maximum Gasteiger partial charge on any atom is 0.235 e. The molecule has 0 aliphatic carbocycles. The van der Waals surface area contributed by atoms with Crippen LogP contribution in [0.15, 0.2) is 24.3 Å². The zero-order chi connectivity index (χ0) is 18.7. The third-order valence-corrected chi connectivity index (χ3v) is 6.03. The third-order valence-electron chi connectivity index (χ3n) is 4.16. The molecule has 0 unspecified atom stereocenters. The van der Waals surface area contributed by atoms with Crippen LogP contribution in [0.5, 0.6) is 0 Å². The molecule has 2 heterocycles. The highest BCUT2D eigenvalue weighted by Crippen LogP contribution is 2.26. The van der Waals surface area contributed by atoms with E-state index in [9.17, 15) is 13.2 Å². The maximum absolute atomic E-state index is 12.2. The molecule has 1 amide bonds. The molecule has 0 radical (unpaired) electrons. The van der Waals surface area contributed by atoms with Crippen molar-refractivity contribution in [3.8, 4) is 0 Å². The topological polar surface area (TPSA) is 108 Å². The lowest BCUT2D eigenvalue weighted by molar-refractivity contribution is -0.115. The summed E-state index contributed by atoms with van der Waals surface area (Å²) < 4.78 is 25.9. The molecule has 140 valence electrons. The molecule has 3 rings (SSSR count). The third kappa shape index (κ3) is 4.21. The average Bonchev–Trinajstić information content (AvgIpc) is 3.03. The van der Waals surface area contributed by atoms with Crippen molar-refractivity contribution in [1.82, 2.24) is 15.2 Å². The Morgan fingerprint density at radius 1 is 1.35 bits per heavy atom. The van der Waals surface area contributed by atoms with E-state index in [0.717, 1.165) is 6.42 Å². The molecule has 1 fully saturated rings. The summed E-state index contributed by atoms with van der Waals surface area (Å²) in [6, 6.07) is 6.89. The molecular formula is C17H23N5O3S. The van der Waals surface area contributed by atoms with Gasteiger partial charge in [0.05, 0.1) is 17.9 Å². The molecule has 26 heavy (non-hydrogen) atoms. The van der Waals surface area contributed by atoms with E-state index >= 15 is 0 Å². The van der Waals surface area contributed by atoms with Crippen molar-refractivity contribution in [1.29, 1.82) is 0 Å². The molecule has 0 saturated carbocycles. The van der Waals surface area contributed by atoms with Crippen LogP contribution >= 0.6 is 0 Å². The summed E-state index contributed by atoms with van der Waals surface area (Å²) in [5.74, 6) is 1.28. The van der Waals surface area contributed by atoms with Crippen molar-refractivity contribution in [2.45, 2.75) is 39.0 Å². The number of rotatable bonds is 5. The van der Waals surface area contributed by atoms with Crippen LogP contribution in [0.3, 0.4) is 0 Å². The van der Waals surface area contributed by atoms with Gasteiger partial charge in [-0.25, -0.2) is 13.4 Å². The van der Waals surface area contributed by atoms with Crippen molar-refractivity contribution in [2.24, 2.45) is 0 Å². The van der Waals surface area contributed by atoms with Gasteiger partial charge in [-0.05, 0) is 31.0 Å². The Balaban J connectivity index is 1.69. The first-order valence-electron chi connectivity index (χ1n) is 8.66. The van der Waals surface area contributed by atoms with E-state index in [1.807, 2.05) is 13.8 Å². The van der Waals surface area contributed by atoms with Crippen molar-refractivity contribution in [3.05, 3.63) is 35.9 Å². The molecule has 9 heteroatoms. The Kier molecular flexibility index (Phi) is 5.26. The SMILES string of the molecule is CC(C)c1n[nH]c(CC(=O)Nc2cccc(N3CCCCS3(=O)=O)c2)n1. The van der Waals surface area contributed by atoms with Crippen LogP contribution in [0.4, 0.5) is 11.4 Å². The summed E-state index contributed by atoms with van der Waals surface area (Å²) in [7, 11) is -3.28. The van der Waals surface area contributed by atoms with Crippen LogP contribution < -0.4 is 9.62 Å². The highest BCUT2D eigenvalue weighted by atomic mass is 32.2. The quantitative estimate of drug-likeness (QED) is 0.829. The standard InChI is InChI=1S/C17H23N5O3S/c1-12(2)17-19-15(20-21-17)11-16(23)18-13-6-5-7-14(10-13)22-8-3-4-9-26(22,24)25/h5-7,10,12H,3-4,8-9,11H2,1-2H3,(H,18,23)(H,19,20,21). The van der Waals surface area contributed by atoms with Crippen molar-refractivity contribution in [3.63, 3.8) is 0 Å². The van der Waals surface area contributed by atoms with Gasteiger partial charge >= 0.3 is 0 Å². The number of carbonyl (C=O) groups excluding carboxylic acids is 1. The smallest absolute Gasteiger partial charge is 0.235 e. The van der Waals surface area contributed by atoms with Gasteiger partial charge in [-0.15, -0.1) is 0 Å². The zero-order valence-electron chi connectivity index (χ0n) is 14.9. The van der Waals surface area contributed by atoms with E-state index in [0.29, 0.717) is 36.0 Å². The predicted molar refractivity (Wildman–Crippen MR) is 99.6 cm³/mol. The second kappa shape index (κ2) is 7.45. The van der Waals surface area contributed by atoms with Crippen LogP contribution in [-0.4, -0.2) is 41.8 Å². The molecule has 0 bridgehead atoms. The molecule has 1 aliphatic rings. The number of nitrogens with one attached hydrogen (secondary N) is 2. The fourth-order valence-electron chi connectivity index (χ4n) is 2.82. The number of benzene rings is 1. The fourth-order valence-corrected chi connectivity index (χ4v) is 4.45. The minimum Gasteiger partial charge on any atom is -0.326 e. The largest absolute Gasteiger partial charge is 0.326 e. The number of hydrogen-bond acceptors (Lipinski definition) is 5. The lowest BCUT2D eigenvalue weighted by Crippen LogP contribution is -2.37. The first-order valence-corrected chi connectivity index (χ1v) is 10.3. The lowest BCUT2D eigenvalue weighted by Gasteiger charge is -2.28. The molecule has 2 N–H and O–H groups in total. The Hall–Kier alpha value is -2.42. The maximum atomic E-state index is 12.2. The van der Waals surface area contributed by atoms with E-state index in [1.54, 1.807) is 24.3 Å². The van der Waals surface area contributed by atoms with Gasteiger partial charge in [-0.1, -0.05) is 19.9 Å². The normalized spacial score (nSPS) is 16.7. The summed E-state index contributed by atoms with van der Waals surface area (Å²) in [4.78, 5) is 16.5. The molecule has 8 nitrogen and oxygen atoms in total. The molecule has 1 saturated heterocycles. The minimum absolute atomic E-state index is 0.0754. The van der Waals surface area contributed by atoms with Gasteiger partial charge in [-0.3, -0.25) is 14.2 Å². The molecule has 0 spiro atoms. The van der Waals surface area contributed by atoms with Gasteiger partial charge < -0.3 is 5.32 Å². The van der Waals surface area contributed by atoms with Crippen LogP contribution in [-0.2, 0) is 21.2 Å². The number of anilines is 2. The van der Waals surface area contributed by atoms with E-state index in [4.69, 9.17) is 0 Å². The number of carbonyl (C=O) groups is 1. The molecule has 2 aromatic rings. The molecule has 0 atom stereocenters.